The molecule has 112 valence electrons. The maximum atomic E-state index is 5.74. The highest BCUT2D eigenvalue weighted by atomic mass is 16.7. The Morgan fingerprint density at radius 1 is 1.10 bits per heavy atom. The van der Waals surface area contributed by atoms with Crippen LogP contribution in [0.15, 0.2) is 12.1 Å². The molecule has 0 aliphatic carbocycles. The molecule has 1 aromatic carbocycles. The van der Waals surface area contributed by atoms with E-state index in [0.717, 1.165) is 23.5 Å². The Morgan fingerprint density at radius 3 is 2.60 bits per heavy atom. The van der Waals surface area contributed by atoms with Gasteiger partial charge in [0, 0.05) is 13.2 Å². The first-order valence-electron chi connectivity index (χ1n) is 6.67. The van der Waals surface area contributed by atoms with Crippen LogP contribution < -0.4 is 19.9 Å². The zero-order valence-corrected chi connectivity index (χ0v) is 11.7. The molecule has 1 aliphatic rings. The zero-order valence-electron chi connectivity index (χ0n) is 11.7. The Hall–Kier alpha value is -1.50. The van der Waals surface area contributed by atoms with E-state index < -0.39 is 0 Å². The van der Waals surface area contributed by atoms with Gasteiger partial charge in [0.25, 0.3) is 0 Å². The van der Waals surface area contributed by atoms with Crippen molar-refractivity contribution in [3.05, 3.63) is 17.7 Å². The van der Waals surface area contributed by atoms with Gasteiger partial charge in [0.1, 0.15) is 12.4 Å². The maximum absolute atomic E-state index is 5.74. The van der Waals surface area contributed by atoms with Gasteiger partial charge in [0.05, 0.1) is 19.8 Å². The van der Waals surface area contributed by atoms with E-state index in [1.807, 2.05) is 12.1 Å². The van der Waals surface area contributed by atoms with Crippen molar-refractivity contribution in [2.24, 2.45) is 5.73 Å². The van der Waals surface area contributed by atoms with E-state index in [0.29, 0.717) is 38.7 Å². The molecule has 2 N–H and O–H groups in total. The van der Waals surface area contributed by atoms with Gasteiger partial charge in [-0.3, -0.25) is 0 Å². The maximum Gasteiger partial charge on any atom is 0.231 e. The number of fused-ring (bicyclic) bond motifs is 1. The molecule has 0 spiro atoms. The van der Waals surface area contributed by atoms with E-state index in [1.165, 1.54) is 0 Å². The fraction of sp³-hybridized carbons (Fsp3) is 0.571. The highest BCUT2D eigenvalue weighted by molar-refractivity contribution is 5.52. The molecule has 0 unspecified atom stereocenters. The third kappa shape index (κ3) is 4.00. The van der Waals surface area contributed by atoms with Crippen LogP contribution >= 0.6 is 0 Å². The average Bonchev–Trinajstić information content (AvgIpc) is 2.90. The number of rotatable bonds is 9. The molecule has 1 aliphatic heterocycles. The molecule has 0 saturated carbocycles. The molecule has 6 nitrogen and oxygen atoms in total. The monoisotopic (exact) mass is 283 g/mol. The minimum atomic E-state index is 0.251. The minimum absolute atomic E-state index is 0.251. The molecule has 0 aromatic heterocycles. The molecule has 20 heavy (non-hydrogen) atoms. The summed E-state index contributed by atoms with van der Waals surface area (Å²) >= 11 is 0. The van der Waals surface area contributed by atoms with E-state index >= 15 is 0 Å². The highest BCUT2D eigenvalue weighted by Gasteiger charge is 2.17. The van der Waals surface area contributed by atoms with Crippen molar-refractivity contribution in [3.8, 4) is 17.2 Å². The van der Waals surface area contributed by atoms with Crippen LogP contribution in [-0.4, -0.2) is 46.9 Å². The first-order valence-corrected chi connectivity index (χ1v) is 6.67. The van der Waals surface area contributed by atoms with Gasteiger partial charge in [-0.1, -0.05) is 0 Å². The van der Waals surface area contributed by atoms with Gasteiger partial charge >= 0.3 is 0 Å². The van der Waals surface area contributed by atoms with Crippen LogP contribution in [0.2, 0.25) is 0 Å². The molecule has 1 aromatic rings. The molecule has 6 heteroatoms. The summed E-state index contributed by atoms with van der Waals surface area (Å²) in [6.45, 7) is 2.95. The Bertz CT molecular complexity index is 424. The highest BCUT2D eigenvalue weighted by Crippen LogP contribution is 2.38. The van der Waals surface area contributed by atoms with Gasteiger partial charge in [-0.15, -0.1) is 0 Å². The predicted molar refractivity (Wildman–Crippen MR) is 73.5 cm³/mol. The standard InChI is InChI=1S/C14H21NO5/c1-16-4-5-17-6-7-18-12-9-14-13(19-10-20-14)8-11(12)2-3-15/h8-9H,2-7,10,15H2,1H3. The molecule has 0 bridgehead atoms. The third-order valence-corrected chi connectivity index (χ3v) is 2.89. The van der Waals surface area contributed by atoms with Gasteiger partial charge < -0.3 is 29.4 Å². The number of ether oxygens (including phenoxy) is 5. The van der Waals surface area contributed by atoms with E-state index in [9.17, 15) is 0 Å². The second-order valence-electron chi connectivity index (χ2n) is 4.31. The van der Waals surface area contributed by atoms with E-state index in [2.05, 4.69) is 0 Å². The van der Waals surface area contributed by atoms with Crippen LogP contribution in [0.25, 0.3) is 0 Å². The van der Waals surface area contributed by atoms with Gasteiger partial charge in [-0.25, -0.2) is 0 Å². The predicted octanol–water partition coefficient (Wildman–Crippen LogP) is 0.958. The van der Waals surface area contributed by atoms with E-state index in [4.69, 9.17) is 29.4 Å². The van der Waals surface area contributed by atoms with Gasteiger partial charge in [0.2, 0.25) is 6.79 Å². The first kappa shape index (κ1) is 14.9. The van der Waals surface area contributed by atoms with Gasteiger partial charge in [0.15, 0.2) is 11.5 Å². The van der Waals surface area contributed by atoms with Crippen molar-refractivity contribution in [1.29, 1.82) is 0 Å². The quantitative estimate of drug-likeness (QED) is 0.681. The number of nitrogens with two attached hydrogens (primary N) is 1. The van der Waals surface area contributed by atoms with Crippen LogP contribution in [0.1, 0.15) is 5.56 Å². The SMILES string of the molecule is COCCOCCOc1cc2c(cc1CCN)OCO2. The average molecular weight is 283 g/mol. The second kappa shape index (κ2) is 7.94. The smallest absolute Gasteiger partial charge is 0.231 e. The molecule has 0 saturated heterocycles. The fourth-order valence-electron chi connectivity index (χ4n) is 1.91. The molecule has 0 fully saturated rings. The lowest BCUT2D eigenvalue weighted by atomic mass is 10.1. The lowest BCUT2D eigenvalue weighted by Gasteiger charge is -2.12. The number of benzene rings is 1. The number of methoxy groups -OCH3 is 1. The van der Waals surface area contributed by atoms with E-state index in [1.54, 1.807) is 7.11 Å². The lowest BCUT2D eigenvalue weighted by molar-refractivity contribution is 0.0542. The summed E-state index contributed by atoms with van der Waals surface area (Å²) in [5.74, 6) is 2.23. The van der Waals surface area contributed by atoms with Crippen LogP contribution in [-0.2, 0) is 15.9 Å². The Kier molecular flexibility index (Phi) is 5.91. The first-order chi connectivity index (χ1) is 9.85. The Labute approximate surface area is 118 Å². The lowest BCUT2D eigenvalue weighted by Crippen LogP contribution is -2.11. The number of hydrogen-bond acceptors (Lipinski definition) is 6. The molecule has 1 heterocycles. The van der Waals surface area contributed by atoms with E-state index in [-0.39, 0.29) is 6.79 Å². The summed E-state index contributed by atoms with van der Waals surface area (Å²) in [6, 6.07) is 3.78. The molecular formula is C14H21NO5. The molecule has 0 atom stereocenters. The Balaban J connectivity index is 1.89. The molecule has 2 rings (SSSR count). The third-order valence-electron chi connectivity index (χ3n) is 2.89. The summed E-state index contributed by atoms with van der Waals surface area (Å²) in [5.41, 5.74) is 6.64. The van der Waals surface area contributed by atoms with Crippen molar-refractivity contribution in [1.82, 2.24) is 0 Å². The molecular weight excluding hydrogens is 262 g/mol. The zero-order chi connectivity index (χ0) is 14.2. The largest absolute Gasteiger partial charge is 0.491 e. The van der Waals surface area contributed by atoms with Crippen molar-refractivity contribution >= 4 is 0 Å². The van der Waals surface area contributed by atoms with Crippen molar-refractivity contribution < 1.29 is 23.7 Å². The summed E-state index contributed by atoms with van der Waals surface area (Å²) in [4.78, 5) is 0. The molecule has 0 amide bonds. The van der Waals surface area contributed by atoms with Crippen LogP contribution in [0.5, 0.6) is 17.2 Å². The summed E-state index contributed by atoms with van der Waals surface area (Å²) in [5, 5.41) is 0. The van der Waals surface area contributed by atoms with Gasteiger partial charge in [-0.05, 0) is 24.6 Å². The van der Waals surface area contributed by atoms with Crippen LogP contribution in [0.3, 0.4) is 0 Å². The van der Waals surface area contributed by atoms with Crippen molar-refractivity contribution in [2.75, 3.05) is 46.9 Å². The summed E-state index contributed by atoms with van der Waals surface area (Å²) < 4.78 is 26.7. The van der Waals surface area contributed by atoms with Crippen molar-refractivity contribution in [2.45, 2.75) is 6.42 Å². The molecule has 0 radical (unpaired) electrons. The summed E-state index contributed by atoms with van der Waals surface area (Å²) in [6.07, 6.45) is 0.733. The normalized spacial score (nSPS) is 12.7. The Morgan fingerprint density at radius 2 is 1.85 bits per heavy atom. The fourth-order valence-corrected chi connectivity index (χ4v) is 1.91. The van der Waals surface area contributed by atoms with Crippen molar-refractivity contribution in [3.63, 3.8) is 0 Å². The van der Waals surface area contributed by atoms with Crippen LogP contribution in [0.4, 0.5) is 0 Å². The number of hydrogen-bond donors (Lipinski definition) is 1. The summed E-state index contributed by atoms with van der Waals surface area (Å²) in [7, 11) is 1.64. The van der Waals surface area contributed by atoms with Crippen LogP contribution in [0, 0.1) is 0 Å². The topological polar surface area (TPSA) is 72.2 Å². The van der Waals surface area contributed by atoms with Gasteiger partial charge in [-0.2, -0.15) is 0 Å². The minimum Gasteiger partial charge on any atom is -0.491 e. The second-order valence-corrected chi connectivity index (χ2v) is 4.31.